The number of hydrogen-bond donors (Lipinski definition) is 2. The monoisotopic (exact) mass is 248 g/mol. The Bertz CT molecular complexity index is 213. The molecule has 1 amide bonds. The van der Waals surface area contributed by atoms with Gasteiger partial charge in [-0.25, -0.2) is 0 Å². The molecule has 0 saturated carbocycles. The maximum atomic E-state index is 11.7. The van der Waals surface area contributed by atoms with Gasteiger partial charge in [-0.1, -0.05) is 20.8 Å². The molecule has 1 fully saturated rings. The number of carbonyl (C=O) groups excluding carboxylic acids is 1. The van der Waals surface area contributed by atoms with E-state index in [0.717, 1.165) is 25.9 Å². The number of rotatable bonds is 5. The summed E-state index contributed by atoms with van der Waals surface area (Å²) in [4.78, 5) is 11.7. The average molecular weight is 249 g/mol. The highest BCUT2D eigenvalue weighted by Crippen LogP contribution is 2.19. The minimum atomic E-state index is -0.219. The van der Waals surface area contributed by atoms with Gasteiger partial charge in [-0.3, -0.25) is 4.79 Å². The van der Waals surface area contributed by atoms with Crippen LogP contribution in [0.4, 0.5) is 0 Å². The second kappa shape index (κ2) is 7.13. The summed E-state index contributed by atoms with van der Waals surface area (Å²) in [7, 11) is 0. The van der Waals surface area contributed by atoms with Gasteiger partial charge in [0.15, 0.2) is 0 Å². The molecule has 0 radical (unpaired) electrons. The number of carbonyl (C=O) groups is 1. The fourth-order valence-corrected chi connectivity index (χ4v) is 1.76. The smallest absolute Gasteiger partial charge is 0.225 e. The van der Waals surface area contributed by atoms with Gasteiger partial charge in [0.1, 0.15) is 0 Å². The molecule has 96 valence electrons. The van der Waals surface area contributed by atoms with E-state index < -0.39 is 0 Å². The molecule has 0 aromatic carbocycles. The van der Waals surface area contributed by atoms with Crippen molar-refractivity contribution >= 4 is 18.3 Å². The Morgan fingerprint density at radius 3 is 2.69 bits per heavy atom. The van der Waals surface area contributed by atoms with Crippen LogP contribution in [0.1, 0.15) is 46.5 Å². The maximum absolute atomic E-state index is 11.7. The second-order valence-corrected chi connectivity index (χ2v) is 5.08. The van der Waals surface area contributed by atoms with Crippen LogP contribution in [-0.4, -0.2) is 25.0 Å². The molecule has 2 N–H and O–H groups in total. The zero-order valence-electron chi connectivity index (χ0n) is 10.6. The van der Waals surface area contributed by atoms with Crippen LogP contribution < -0.4 is 10.6 Å². The average Bonchev–Trinajstić information content (AvgIpc) is 2.70. The van der Waals surface area contributed by atoms with Crippen LogP contribution in [0.25, 0.3) is 0 Å². The lowest BCUT2D eigenvalue weighted by atomic mass is 9.89. The first-order chi connectivity index (χ1) is 7.06. The topological polar surface area (TPSA) is 41.1 Å². The van der Waals surface area contributed by atoms with E-state index in [2.05, 4.69) is 17.6 Å². The Morgan fingerprint density at radius 2 is 2.19 bits per heavy atom. The summed E-state index contributed by atoms with van der Waals surface area (Å²) < 4.78 is 0. The highest BCUT2D eigenvalue weighted by Gasteiger charge is 2.24. The summed E-state index contributed by atoms with van der Waals surface area (Å²) >= 11 is 0. The normalized spacial score (nSPS) is 20.3. The van der Waals surface area contributed by atoms with Gasteiger partial charge < -0.3 is 10.6 Å². The molecule has 0 unspecified atom stereocenters. The van der Waals surface area contributed by atoms with Gasteiger partial charge in [-0.15, -0.1) is 12.4 Å². The lowest BCUT2D eigenvalue weighted by Crippen LogP contribution is -2.38. The standard InChI is InChI=1S/C12H24N2O.ClH/c1-4-12(2,3)11(15)14-9-7-10-6-5-8-13-10;/h10,13H,4-9H2,1-3H3,(H,14,15);1H/t10-;/m1./s1. The van der Waals surface area contributed by atoms with Crippen LogP contribution in [-0.2, 0) is 4.79 Å². The summed E-state index contributed by atoms with van der Waals surface area (Å²) in [5.74, 6) is 0.183. The molecular formula is C12H25ClN2O. The molecule has 0 aromatic rings. The van der Waals surface area contributed by atoms with E-state index in [4.69, 9.17) is 0 Å². The van der Waals surface area contributed by atoms with Crippen molar-refractivity contribution in [3.63, 3.8) is 0 Å². The molecule has 1 aliphatic rings. The molecule has 4 heteroatoms. The molecule has 1 aliphatic heterocycles. The lowest BCUT2D eigenvalue weighted by molar-refractivity contribution is -0.129. The zero-order chi connectivity index (χ0) is 11.3. The maximum Gasteiger partial charge on any atom is 0.225 e. The fraction of sp³-hybridized carbons (Fsp3) is 0.917. The molecule has 1 heterocycles. The first-order valence-corrected chi connectivity index (χ1v) is 6.08. The van der Waals surface area contributed by atoms with Gasteiger partial charge in [0.2, 0.25) is 5.91 Å². The van der Waals surface area contributed by atoms with Crippen molar-refractivity contribution in [3.05, 3.63) is 0 Å². The van der Waals surface area contributed by atoms with Gasteiger partial charge >= 0.3 is 0 Å². The minimum Gasteiger partial charge on any atom is -0.356 e. The largest absolute Gasteiger partial charge is 0.356 e. The van der Waals surface area contributed by atoms with Crippen molar-refractivity contribution in [2.24, 2.45) is 5.41 Å². The van der Waals surface area contributed by atoms with Crippen molar-refractivity contribution in [2.45, 2.75) is 52.5 Å². The molecule has 1 saturated heterocycles. The highest BCUT2D eigenvalue weighted by atomic mass is 35.5. The van der Waals surface area contributed by atoms with E-state index in [1.165, 1.54) is 12.8 Å². The van der Waals surface area contributed by atoms with Gasteiger partial charge in [0, 0.05) is 18.0 Å². The van der Waals surface area contributed by atoms with E-state index in [0.29, 0.717) is 6.04 Å². The number of nitrogens with one attached hydrogen (secondary N) is 2. The Kier molecular flexibility index (Phi) is 7.00. The number of halogens is 1. The molecule has 16 heavy (non-hydrogen) atoms. The van der Waals surface area contributed by atoms with E-state index >= 15 is 0 Å². The highest BCUT2D eigenvalue weighted by molar-refractivity contribution is 5.85. The molecular weight excluding hydrogens is 224 g/mol. The third-order valence-corrected chi connectivity index (χ3v) is 3.44. The number of hydrogen-bond acceptors (Lipinski definition) is 2. The summed E-state index contributed by atoms with van der Waals surface area (Å²) in [5.41, 5.74) is -0.219. The first-order valence-electron chi connectivity index (χ1n) is 6.08. The lowest BCUT2D eigenvalue weighted by Gasteiger charge is -2.22. The van der Waals surface area contributed by atoms with Gasteiger partial charge in [-0.05, 0) is 32.2 Å². The summed E-state index contributed by atoms with van der Waals surface area (Å²) in [6.07, 6.45) is 4.48. The Morgan fingerprint density at radius 1 is 1.50 bits per heavy atom. The molecule has 0 spiro atoms. The second-order valence-electron chi connectivity index (χ2n) is 5.08. The van der Waals surface area contributed by atoms with Crippen molar-refractivity contribution < 1.29 is 4.79 Å². The van der Waals surface area contributed by atoms with Crippen LogP contribution in [0.2, 0.25) is 0 Å². The van der Waals surface area contributed by atoms with Gasteiger partial charge in [0.25, 0.3) is 0 Å². The van der Waals surface area contributed by atoms with Crippen LogP contribution in [0.15, 0.2) is 0 Å². The molecule has 3 nitrogen and oxygen atoms in total. The van der Waals surface area contributed by atoms with E-state index in [9.17, 15) is 4.79 Å². The van der Waals surface area contributed by atoms with Crippen LogP contribution >= 0.6 is 12.4 Å². The van der Waals surface area contributed by atoms with Crippen LogP contribution in [0.3, 0.4) is 0 Å². The van der Waals surface area contributed by atoms with E-state index in [1.807, 2.05) is 13.8 Å². The summed E-state index contributed by atoms with van der Waals surface area (Å²) in [5, 5.41) is 6.45. The first kappa shape index (κ1) is 15.7. The third kappa shape index (κ3) is 4.71. The van der Waals surface area contributed by atoms with Crippen molar-refractivity contribution in [2.75, 3.05) is 13.1 Å². The van der Waals surface area contributed by atoms with Gasteiger partial charge in [0.05, 0.1) is 0 Å². The Balaban J connectivity index is 0.00000225. The zero-order valence-corrected chi connectivity index (χ0v) is 11.5. The summed E-state index contributed by atoms with van der Waals surface area (Å²) in [6, 6.07) is 0.620. The minimum absolute atomic E-state index is 0. The molecule has 0 aromatic heterocycles. The van der Waals surface area contributed by atoms with Crippen LogP contribution in [0.5, 0.6) is 0 Å². The molecule has 1 rings (SSSR count). The number of amides is 1. The quantitative estimate of drug-likeness (QED) is 0.783. The fourth-order valence-electron chi connectivity index (χ4n) is 1.76. The SMILES string of the molecule is CCC(C)(C)C(=O)NCC[C@H]1CCCN1.Cl. The predicted molar refractivity (Wildman–Crippen MR) is 70.0 cm³/mol. The Labute approximate surface area is 105 Å². The predicted octanol–water partition coefficient (Wildman–Crippen LogP) is 2.10. The van der Waals surface area contributed by atoms with Gasteiger partial charge in [-0.2, -0.15) is 0 Å². The molecule has 0 aliphatic carbocycles. The third-order valence-electron chi connectivity index (χ3n) is 3.44. The van der Waals surface area contributed by atoms with Crippen LogP contribution in [0, 0.1) is 5.41 Å². The molecule has 1 atom stereocenters. The van der Waals surface area contributed by atoms with Crippen molar-refractivity contribution in [1.29, 1.82) is 0 Å². The van der Waals surface area contributed by atoms with E-state index in [1.54, 1.807) is 0 Å². The van der Waals surface area contributed by atoms with Crippen molar-refractivity contribution in [1.82, 2.24) is 10.6 Å². The van der Waals surface area contributed by atoms with E-state index in [-0.39, 0.29) is 23.7 Å². The summed E-state index contributed by atoms with van der Waals surface area (Å²) in [6.45, 7) is 7.99. The van der Waals surface area contributed by atoms with Crippen molar-refractivity contribution in [3.8, 4) is 0 Å². The Hall–Kier alpha value is -0.280. The molecule has 0 bridgehead atoms.